The van der Waals surface area contributed by atoms with Gasteiger partial charge in [0.05, 0.1) is 11.9 Å². The first kappa shape index (κ1) is 12.4. The topological polar surface area (TPSA) is 72.9 Å². The summed E-state index contributed by atoms with van der Waals surface area (Å²) in [6, 6.07) is 0.645. The predicted molar refractivity (Wildman–Crippen MR) is 68.3 cm³/mol. The molecule has 1 saturated carbocycles. The maximum atomic E-state index is 11.6. The molecule has 1 heterocycles. The van der Waals surface area contributed by atoms with Crippen molar-refractivity contribution >= 4 is 17.3 Å². The maximum absolute atomic E-state index is 11.6. The van der Waals surface area contributed by atoms with E-state index in [0.717, 1.165) is 25.7 Å². The van der Waals surface area contributed by atoms with E-state index in [9.17, 15) is 4.79 Å². The fourth-order valence-electron chi connectivity index (χ4n) is 2.09. The molecule has 0 aliphatic heterocycles. The van der Waals surface area contributed by atoms with Gasteiger partial charge in [-0.1, -0.05) is 11.6 Å². The van der Waals surface area contributed by atoms with Crippen molar-refractivity contribution in [2.75, 3.05) is 5.32 Å². The molecule has 0 spiro atoms. The number of hydrogen-bond acceptors (Lipinski definition) is 4. The van der Waals surface area contributed by atoms with Gasteiger partial charge in [-0.05, 0) is 25.7 Å². The zero-order chi connectivity index (χ0) is 12.4. The Bertz CT molecular complexity index is 451. The number of nitrogens with one attached hydrogen (secondary N) is 1. The van der Waals surface area contributed by atoms with E-state index in [-0.39, 0.29) is 10.6 Å². The Morgan fingerprint density at radius 1 is 1.47 bits per heavy atom. The first-order valence-electron chi connectivity index (χ1n) is 5.82. The third-order valence-electron chi connectivity index (χ3n) is 3.21. The molecule has 1 aromatic rings. The summed E-state index contributed by atoms with van der Waals surface area (Å²) in [5, 5.41) is 7.43. The third kappa shape index (κ3) is 2.79. The highest BCUT2D eigenvalue weighted by Crippen LogP contribution is 2.23. The van der Waals surface area contributed by atoms with Crippen LogP contribution in [-0.2, 0) is 7.05 Å². The Kier molecular flexibility index (Phi) is 3.69. The summed E-state index contributed by atoms with van der Waals surface area (Å²) in [7, 11) is 1.58. The van der Waals surface area contributed by atoms with Crippen molar-refractivity contribution < 1.29 is 0 Å². The number of hydrogen-bond donors (Lipinski definition) is 2. The predicted octanol–water partition coefficient (Wildman–Crippen LogP) is 1.12. The van der Waals surface area contributed by atoms with E-state index in [2.05, 4.69) is 10.4 Å². The monoisotopic (exact) mass is 256 g/mol. The van der Waals surface area contributed by atoms with Crippen molar-refractivity contribution in [3.63, 3.8) is 0 Å². The molecule has 94 valence electrons. The zero-order valence-electron chi connectivity index (χ0n) is 9.82. The zero-order valence-corrected chi connectivity index (χ0v) is 10.6. The summed E-state index contributed by atoms with van der Waals surface area (Å²) in [6.45, 7) is 0. The quantitative estimate of drug-likeness (QED) is 0.832. The van der Waals surface area contributed by atoms with Crippen LogP contribution >= 0.6 is 11.6 Å². The summed E-state index contributed by atoms with van der Waals surface area (Å²) in [5.41, 5.74) is 6.19. The Balaban J connectivity index is 2.09. The smallest absolute Gasteiger partial charge is 0.287 e. The van der Waals surface area contributed by atoms with Crippen molar-refractivity contribution in [2.45, 2.75) is 37.8 Å². The van der Waals surface area contributed by atoms with Crippen molar-refractivity contribution in [2.24, 2.45) is 12.8 Å². The lowest BCUT2D eigenvalue weighted by atomic mass is 9.92. The Hall–Kier alpha value is -1.07. The van der Waals surface area contributed by atoms with Gasteiger partial charge in [0.15, 0.2) is 0 Å². The average Bonchev–Trinajstić information content (AvgIpc) is 2.33. The molecule has 0 bridgehead atoms. The molecule has 0 aromatic carbocycles. The molecular weight excluding hydrogens is 240 g/mol. The molecule has 3 N–H and O–H groups in total. The van der Waals surface area contributed by atoms with Gasteiger partial charge in [-0.25, -0.2) is 4.68 Å². The molecular formula is C11H17ClN4O. The van der Waals surface area contributed by atoms with E-state index in [1.807, 2.05) is 0 Å². The number of rotatable bonds is 2. The van der Waals surface area contributed by atoms with Gasteiger partial charge in [0.1, 0.15) is 5.02 Å². The van der Waals surface area contributed by atoms with Crippen LogP contribution in [-0.4, -0.2) is 21.9 Å². The number of nitrogens with zero attached hydrogens (tertiary/aromatic N) is 2. The van der Waals surface area contributed by atoms with Gasteiger partial charge < -0.3 is 11.1 Å². The standard InChI is InChI=1S/C11H17ClN4O/c1-16-11(17)10(12)9(6-14-16)15-8-4-2-7(13)3-5-8/h6-8,15H,2-5,13H2,1H3. The van der Waals surface area contributed by atoms with Gasteiger partial charge in [-0.3, -0.25) is 4.79 Å². The highest BCUT2D eigenvalue weighted by atomic mass is 35.5. The second-order valence-electron chi connectivity index (χ2n) is 4.56. The lowest BCUT2D eigenvalue weighted by Gasteiger charge is -2.27. The van der Waals surface area contributed by atoms with Crippen LogP contribution in [0.25, 0.3) is 0 Å². The van der Waals surface area contributed by atoms with Gasteiger partial charge >= 0.3 is 0 Å². The molecule has 1 aliphatic rings. The highest BCUT2D eigenvalue weighted by molar-refractivity contribution is 6.32. The van der Waals surface area contributed by atoms with Gasteiger partial charge in [-0.15, -0.1) is 0 Å². The minimum Gasteiger partial charge on any atom is -0.380 e. The average molecular weight is 257 g/mol. The van der Waals surface area contributed by atoms with Crippen LogP contribution < -0.4 is 16.6 Å². The van der Waals surface area contributed by atoms with Crippen LogP contribution in [0.4, 0.5) is 5.69 Å². The van der Waals surface area contributed by atoms with Crippen molar-refractivity contribution in [3.05, 3.63) is 21.6 Å². The van der Waals surface area contributed by atoms with Gasteiger partial charge in [0, 0.05) is 19.1 Å². The number of aromatic nitrogens is 2. The lowest BCUT2D eigenvalue weighted by molar-refractivity contribution is 0.411. The Labute approximate surface area is 105 Å². The molecule has 1 aromatic heterocycles. The van der Waals surface area contributed by atoms with E-state index < -0.39 is 0 Å². The minimum atomic E-state index is -0.274. The molecule has 2 rings (SSSR count). The number of halogens is 1. The Morgan fingerprint density at radius 2 is 2.12 bits per heavy atom. The molecule has 0 radical (unpaired) electrons. The maximum Gasteiger partial charge on any atom is 0.287 e. The molecule has 17 heavy (non-hydrogen) atoms. The molecule has 0 amide bonds. The fraction of sp³-hybridized carbons (Fsp3) is 0.636. The minimum absolute atomic E-state index is 0.206. The number of nitrogens with two attached hydrogens (primary N) is 1. The highest BCUT2D eigenvalue weighted by Gasteiger charge is 2.19. The first-order valence-corrected chi connectivity index (χ1v) is 6.19. The first-order chi connectivity index (χ1) is 8.08. The van der Waals surface area contributed by atoms with E-state index >= 15 is 0 Å². The summed E-state index contributed by atoms with van der Waals surface area (Å²) < 4.78 is 1.23. The molecule has 6 heteroatoms. The van der Waals surface area contributed by atoms with Gasteiger partial charge in [0.2, 0.25) is 0 Å². The molecule has 0 unspecified atom stereocenters. The second kappa shape index (κ2) is 5.06. The van der Waals surface area contributed by atoms with E-state index in [4.69, 9.17) is 17.3 Å². The lowest BCUT2D eigenvalue weighted by Crippen LogP contribution is -2.33. The van der Waals surface area contributed by atoms with Crippen molar-refractivity contribution in [3.8, 4) is 0 Å². The molecule has 1 aliphatic carbocycles. The third-order valence-corrected chi connectivity index (χ3v) is 3.57. The van der Waals surface area contributed by atoms with Crippen LogP contribution in [0.15, 0.2) is 11.0 Å². The summed E-state index contributed by atoms with van der Waals surface area (Å²) >= 11 is 5.99. The normalized spacial score (nSPS) is 24.6. The van der Waals surface area contributed by atoms with E-state index in [1.54, 1.807) is 13.2 Å². The van der Waals surface area contributed by atoms with E-state index in [0.29, 0.717) is 17.8 Å². The fourth-order valence-corrected chi connectivity index (χ4v) is 2.32. The van der Waals surface area contributed by atoms with Crippen LogP contribution in [0.3, 0.4) is 0 Å². The molecule has 0 atom stereocenters. The van der Waals surface area contributed by atoms with Gasteiger partial charge in [-0.2, -0.15) is 5.10 Å². The second-order valence-corrected chi connectivity index (χ2v) is 4.93. The SMILES string of the molecule is Cn1ncc(NC2CCC(N)CC2)c(Cl)c1=O. The number of aryl methyl sites for hydroxylation is 1. The van der Waals surface area contributed by atoms with Gasteiger partial charge in [0.25, 0.3) is 5.56 Å². The van der Waals surface area contributed by atoms with Crippen LogP contribution in [0.5, 0.6) is 0 Å². The van der Waals surface area contributed by atoms with Crippen LogP contribution in [0.1, 0.15) is 25.7 Å². The molecule has 0 saturated heterocycles. The van der Waals surface area contributed by atoms with Crippen LogP contribution in [0.2, 0.25) is 5.02 Å². The van der Waals surface area contributed by atoms with Crippen LogP contribution in [0, 0.1) is 0 Å². The van der Waals surface area contributed by atoms with E-state index in [1.165, 1.54) is 4.68 Å². The number of anilines is 1. The molecule has 1 fully saturated rings. The van der Waals surface area contributed by atoms with Crippen molar-refractivity contribution in [1.29, 1.82) is 0 Å². The summed E-state index contributed by atoms with van der Waals surface area (Å²) in [5.74, 6) is 0. The summed E-state index contributed by atoms with van der Waals surface area (Å²) in [6.07, 6.45) is 5.62. The Morgan fingerprint density at radius 3 is 2.76 bits per heavy atom. The summed E-state index contributed by atoms with van der Waals surface area (Å²) in [4.78, 5) is 11.6. The molecule has 5 nitrogen and oxygen atoms in total. The largest absolute Gasteiger partial charge is 0.380 e. The van der Waals surface area contributed by atoms with Crippen molar-refractivity contribution in [1.82, 2.24) is 9.78 Å².